The van der Waals surface area contributed by atoms with Crippen LogP contribution >= 0.6 is 35.3 Å². The van der Waals surface area contributed by atoms with Crippen LogP contribution in [0.5, 0.6) is 0 Å². The van der Waals surface area contributed by atoms with E-state index in [1.807, 2.05) is 0 Å². The molecule has 0 saturated carbocycles. The van der Waals surface area contributed by atoms with Crippen molar-refractivity contribution in [1.29, 1.82) is 5.41 Å². The second-order valence-corrected chi connectivity index (χ2v) is 34.6. The Morgan fingerprint density at radius 2 is 1.15 bits per heavy atom. The number of imidazole rings is 1. The Labute approximate surface area is 727 Å². The lowest BCUT2D eigenvalue weighted by Gasteiger charge is -2.30. The minimum atomic E-state index is -2.04. The highest BCUT2D eigenvalue weighted by atomic mass is 32.2. The third-order valence-electron chi connectivity index (χ3n) is 20.2. The van der Waals surface area contributed by atoms with Gasteiger partial charge in [0.25, 0.3) is 0 Å². The van der Waals surface area contributed by atoms with Crippen LogP contribution in [-0.2, 0) is 112 Å². The van der Waals surface area contributed by atoms with Crippen molar-refractivity contribution in [2.75, 3.05) is 37.0 Å². The summed E-state index contributed by atoms with van der Waals surface area (Å²) in [5.74, 6) is -20.1. The highest BCUT2D eigenvalue weighted by Crippen LogP contribution is 2.27. The number of rotatable bonds is 23. The Morgan fingerprint density at radius 1 is 0.605 bits per heavy atom. The van der Waals surface area contributed by atoms with Gasteiger partial charge in [-0.1, -0.05) is 64.1 Å². The molecule has 45 heteroatoms. The molecule has 42 nitrogen and oxygen atoms in total. The van der Waals surface area contributed by atoms with Gasteiger partial charge in [-0.05, 0) is 106 Å². The SMILES string of the molecule is CC(C)C[C@@H]1NC(=O)[C@H](CC(=O)O)NC(=O)[C@H](CCC(N)=O)NC(=O)[C@H](Cc2cnc[nH]2)NC(=O)[C@H](CC(C)C)NC(=O)[C@@H]2CSCc3cc(cc(c3)CSC[C@@H](C(=O)N[C@@H](C)C(=O)O)NC1=O)CSC[C@H](NC(=O)[C@H](C)N)C(=O)N[C@@H](CO)C(=O)N[C@@H](Cc1c[nH]c3ccccc13)C(=O)N1CCC[C@H]1C(=O)N[C@@H](C)C(=O)N[C@@H](CCCNC(=N)N)C(=O)N2. The Balaban J connectivity index is 1.39. The maximum atomic E-state index is 15.5. The molecule has 7 rings (SSSR count). The van der Waals surface area contributed by atoms with Crippen LogP contribution in [0.4, 0.5) is 0 Å². The van der Waals surface area contributed by atoms with Gasteiger partial charge in [0.05, 0.1) is 25.4 Å². The number of aliphatic hydroxyl groups excluding tert-OH is 1. The molecule has 0 radical (unpaired) electrons. The van der Waals surface area contributed by atoms with Gasteiger partial charge in [-0.15, -0.1) is 0 Å². The zero-order chi connectivity index (χ0) is 91.2. The highest BCUT2D eigenvalue weighted by molar-refractivity contribution is 7.99. The average Bonchev–Trinajstić information content (AvgIpc) is 1.64. The predicted octanol–water partition coefficient (Wildman–Crippen LogP) is -4.04. The molecule has 3 aliphatic heterocycles. The highest BCUT2D eigenvalue weighted by Gasteiger charge is 2.42. The molecule has 4 bridgehead atoms. The minimum Gasteiger partial charge on any atom is -0.481 e. The summed E-state index contributed by atoms with van der Waals surface area (Å²) in [7, 11) is 0. The van der Waals surface area contributed by atoms with E-state index in [1.165, 1.54) is 38.2 Å². The molecule has 1 saturated heterocycles. The predicted molar refractivity (Wildman–Crippen MR) is 458 cm³/mol. The number of guanidine groups is 1. The minimum absolute atomic E-state index is 0.000129. The molecule has 2 aromatic carbocycles. The Morgan fingerprint density at radius 3 is 1.75 bits per heavy atom. The molecular formula is C79H114N22O20S3. The molecule has 26 N–H and O–H groups in total. The monoisotopic (exact) mass is 1790 g/mol. The lowest BCUT2D eigenvalue weighted by molar-refractivity contribution is -0.142. The van der Waals surface area contributed by atoms with Crippen LogP contribution in [0.25, 0.3) is 10.9 Å². The molecule has 678 valence electrons. The van der Waals surface area contributed by atoms with Crippen molar-refractivity contribution < 1.29 is 96.8 Å². The van der Waals surface area contributed by atoms with E-state index in [4.69, 9.17) is 22.6 Å². The van der Waals surface area contributed by atoms with Gasteiger partial charge in [-0.25, -0.2) is 4.98 Å². The number of fused-ring (bicyclic) bond motifs is 7. The molecule has 124 heavy (non-hydrogen) atoms. The number of para-hydroxylation sites is 1. The van der Waals surface area contributed by atoms with Crippen LogP contribution in [0.1, 0.15) is 134 Å². The van der Waals surface area contributed by atoms with Crippen molar-refractivity contribution in [2.24, 2.45) is 29.0 Å². The second-order valence-electron chi connectivity index (χ2n) is 31.5. The number of hydrogen-bond acceptors (Lipinski definition) is 24. The van der Waals surface area contributed by atoms with Crippen LogP contribution in [0.2, 0.25) is 0 Å². The first-order chi connectivity index (χ1) is 58.8. The first-order valence-electron chi connectivity index (χ1n) is 40.6. The van der Waals surface area contributed by atoms with Gasteiger partial charge >= 0.3 is 11.9 Å². The number of aromatic nitrogens is 3. The number of nitrogens with two attached hydrogens (primary N) is 3. The number of carboxylic acids is 2. The number of benzene rings is 2. The summed E-state index contributed by atoms with van der Waals surface area (Å²) in [5.41, 5.74) is 20.3. The van der Waals surface area contributed by atoms with Crippen LogP contribution in [0, 0.1) is 17.2 Å². The van der Waals surface area contributed by atoms with Crippen molar-refractivity contribution in [3.05, 3.63) is 89.1 Å². The fraction of sp³-hybridized carbons (Fsp3) is 0.557. The molecule has 15 atom stereocenters. The smallest absolute Gasteiger partial charge is 0.325 e. The molecule has 0 aliphatic carbocycles. The van der Waals surface area contributed by atoms with Crippen molar-refractivity contribution in [2.45, 2.75) is 227 Å². The quantitative estimate of drug-likeness (QED) is 0.0191. The van der Waals surface area contributed by atoms with E-state index >= 15 is 19.2 Å². The fourth-order valence-electron chi connectivity index (χ4n) is 13.7. The number of amides is 15. The summed E-state index contributed by atoms with van der Waals surface area (Å²) in [6.45, 7) is 9.56. The molecule has 4 aromatic rings. The maximum Gasteiger partial charge on any atom is 0.325 e. The van der Waals surface area contributed by atoms with Crippen molar-refractivity contribution in [3.8, 4) is 0 Å². The third-order valence-corrected chi connectivity index (χ3v) is 23.5. The fourth-order valence-corrected chi connectivity index (χ4v) is 16.7. The topological polar surface area (TPSA) is 669 Å². The number of aliphatic hydroxyl groups is 1. The van der Waals surface area contributed by atoms with Gasteiger partial charge in [0.15, 0.2) is 5.96 Å². The van der Waals surface area contributed by atoms with Gasteiger partial charge in [0.2, 0.25) is 88.6 Å². The summed E-state index contributed by atoms with van der Waals surface area (Å²) < 4.78 is 0. The maximum absolute atomic E-state index is 15.5. The lowest BCUT2D eigenvalue weighted by atomic mass is 10.0. The zero-order valence-corrected chi connectivity index (χ0v) is 72.3. The van der Waals surface area contributed by atoms with Crippen LogP contribution in [0.3, 0.4) is 0 Å². The first-order valence-corrected chi connectivity index (χ1v) is 44.0. The Kier molecular flexibility index (Phi) is 38.9. The number of carbonyl (C=O) groups is 17. The summed E-state index contributed by atoms with van der Waals surface area (Å²) >= 11 is 3.25. The van der Waals surface area contributed by atoms with Crippen molar-refractivity contribution in [1.82, 2.24) is 94.3 Å². The zero-order valence-electron chi connectivity index (χ0n) is 69.9. The molecular weight excluding hydrogens is 1670 g/mol. The largest absolute Gasteiger partial charge is 0.481 e. The summed E-state index contributed by atoms with van der Waals surface area (Å²) in [5, 5.41) is 75.6. The number of primary amides is 1. The number of nitrogens with one attached hydrogen (secondary N) is 17. The lowest BCUT2D eigenvalue weighted by Crippen LogP contribution is -2.61. The van der Waals surface area contributed by atoms with Crippen LogP contribution in [-0.4, -0.2) is 269 Å². The number of H-pyrrole nitrogens is 2. The number of aromatic amines is 2. The second kappa shape index (κ2) is 48.5. The molecule has 2 aromatic heterocycles. The van der Waals surface area contributed by atoms with Crippen molar-refractivity contribution >= 4 is 153 Å². The molecule has 1 fully saturated rings. The first kappa shape index (κ1) is 99.5. The normalized spacial score (nSPS) is 24.7. The Hall–Kier alpha value is -11.6. The third kappa shape index (κ3) is 31.3. The molecule has 0 spiro atoms. The van der Waals surface area contributed by atoms with E-state index in [-0.39, 0.29) is 98.2 Å². The standard InChI is InChI=1S/C79H114N22O20S3/c1-38(2)20-52-68(110)94-54(26-47-29-84-37-87-47)70(112)91-51(16-17-62(81)103)67(109)95-55(27-63(104)105)71(113)92-53(21-39(3)4)69(111)100-58(73(115)89-42(7)78(120)121)34-122-31-43-22-44-24-45(23-43)33-124-36-60(74(116)93-52)99-66(108)50(14-10-18-85-79(82)83)90-65(107)41(6)88-76(118)61-15-11-19-101(61)77(119)56(25-46-28-86-49-13-9-8-12-48(46)49)96-72(114)57(30-102)97-75(117)59(35-123-32-44)98-64(106)40(5)80/h8-9,12-13,22-24,28-29,37-42,50-61,86,102H,10-11,14-21,25-27,30-36,80H2,1-7H3,(H2,81,103)(H,84,87)(H,88,118)(H,89,115)(H,90,107)(H,91,112)(H,92,113)(H,93,116)(H,94,110)(H,95,109)(H,96,114)(H,97,117)(H,98,106)(H,99,108)(H,100,111)(H,104,105)(H,120,121)(H4,82,83,85)/t40-,41-,42-,50-,51-,52-,53-,54-,55-,56-,57-,58-,59-,60-,61-/m0/s1. The summed E-state index contributed by atoms with van der Waals surface area (Å²) in [6, 6.07) is -11.3. The molecule has 0 unspecified atom stereocenters. The number of hydrogen-bond donors (Lipinski definition) is 23. The summed E-state index contributed by atoms with van der Waals surface area (Å²) in [6.07, 6.45) is 1.16. The number of carbonyl (C=O) groups excluding carboxylic acids is 15. The van der Waals surface area contributed by atoms with Gasteiger partial charge in [-0.2, -0.15) is 35.3 Å². The van der Waals surface area contributed by atoms with Crippen molar-refractivity contribution in [3.63, 3.8) is 0 Å². The van der Waals surface area contributed by atoms with E-state index in [2.05, 4.69) is 89.4 Å². The number of thioether (sulfide) groups is 3. The Bertz CT molecular complexity index is 4500. The average molecular weight is 1790 g/mol. The van der Waals surface area contributed by atoms with Gasteiger partial charge in [-0.3, -0.25) is 86.9 Å². The number of carboxylic acid groups (broad SMARTS) is 2. The van der Waals surface area contributed by atoms with Crippen LogP contribution < -0.4 is 91.6 Å². The molecule has 5 heterocycles. The van der Waals surface area contributed by atoms with Gasteiger partial charge < -0.3 is 122 Å². The summed E-state index contributed by atoms with van der Waals surface area (Å²) in [4.78, 5) is 254. The van der Waals surface area contributed by atoms with E-state index in [0.717, 1.165) is 35.3 Å². The van der Waals surface area contributed by atoms with Gasteiger partial charge in [0.1, 0.15) is 84.6 Å². The van der Waals surface area contributed by atoms with E-state index in [9.17, 15) is 77.6 Å². The molecule has 3 aliphatic rings. The molecule has 15 amide bonds. The van der Waals surface area contributed by atoms with E-state index < -0.39 is 241 Å². The van der Waals surface area contributed by atoms with E-state index in [0.29, 0.717) is 33.2 Å². The number of aliphatic carboxylic acids is 2. The van der Waals surface area contributed by atoms with Gasteiger partial charge in [0, 0.05) is 95.9 Å². The number of nitrogens with zero attached hydrogens (tertiary/aromatic N) is 2. The van der Waals surface area contributed by atoms with Crippen LogP contribution in [0.15, 0.2) is 61.2 Å². The van der Waals surface area contributed by atoms with E-state index in [1.54, 1.807) is 76.4 Å².